The number of ketones is 1. The molecule has 0 aromatic carbocycles. The van der Waals surface area contributed by atoms with Crippen LogP contribution >= 0.6 is 0 Å². The molecular formula is C16H32O4S2. The van der Waals surface area contributed by atoms with Gasteiger partial charge in [-0.15, -0.1) is 0 Å². The molecule has 1 saturated carbocycles. The minimum atomic E-state index is -3.94. The summed E-state index contributed by atoms with van der Waals surface area (Å²) in [6.07, 6.45) is 8.30. The van der Waals surface area contributed by atoms with Gasteiger partial charge in [0.1, 0.15) is 4.75 Å². The van der Waals surface area contributed by atoms with Crippen LogP contribution in [0.2, 0.25) is 0 Å². The van der Waals surface area contributed by atoms with E-state index >= 15 is 0 Å². The van der Waals surface area contributed by atoms with E-state index in [0.29, 0.717) is 22.9 Å². The molecule has 0 N–H and O–H groups in total. The summed E-state index contributed by atoms with van der Waals surface area (Å²) < 4.78 is 29.8. The summed E-state index contributed by atoms with van der Waals surface area (Å²) in [6.45, 7) is 8.54. The highest BCUT2D eigenvalue weighted by atomic mass is 32.2. The van der Waals surface area contributed by atoms with Crippen molar-refractivity contribution < 1.29 is 17.8 Å². The van der Waals surface area contributed by atoms with E-state index in [1.54, 1.807) is 0 Å². The number of Topliss-reactive ketones (excluding diaryl/α,β-unsaturated/α-hetero) is 1. The Kier molecular flexibility index (Phi) is 9.90. The second kappa shape index (κ2) is 9.93. The molecule has 1 atom stereocenters. The van der Waals surface area contributed by atoms with E-state index in [2.05, 4.69) is 27.0 Å². The van der Waals surface area contributed by atoms with Gasteiger partial charge in [-0.2, -0.15) is 0 Å². The van der Waals surface area contributed by atoms with Crippen LogP contribution in [0.15, 0.2) is 0 Å². The van der Waals surface area contributed by atoms with Crippen LogP contribution in [-0.2, 0) is 25.8 Å². The van der Waals surface area contributed by atoms with Gasteiger partial charge in [-0.05, 0) is 50.9 Å². The Balaban J connectivity index is 0.000000472. The van der Waals surface area contributed by atoms with Gasteiger partial charge in [-0.3, -0.25) is 4.79 Å². The van der Waals surface area contributed by atoms with E-state index in [4.69, 9.17) is 0 Å². The van der Waals surface area contributed by atoms with E-state index in [1.807, 2.05) is 6.92 Å². The minimum Gasteiger partial charge on any atom is -0.748 e. The zero-order chi connectivity index (χ0) is 17.4. The highest BCUT2D eigenvalue weighted by molar-refractivity contribution is 7.98. The van der Waals surface area contributed by atoms with Crippen LogP contribution in [0.4, 0.5) is 0 Å². The molecule has 1 aliphatic rings. The SMILES string of the molecule is CCCCS(=O)(=O)[O-].C[S+](CC(=O)C1CCCC1)C(C)(C)C. The van der Waals surface area contributed by atoms with Gasteiger partial charge in [0, 0.05) is 11.7 Å². The van der Waals surface area contributed by atoms with Crippen LogP contribution in [0, 0.1) is 5.92 Å². The Morgan fingerprint density at radius 3 is 2.05 bits per heavy atom. The van der Waals surface area contributed by atoms with Crippen molar-refractivity contribution in [2.24, 2.45) is 5.92 Å². The molecule has 1 aliphatic carbocycles. The normalized spacial score (nSPS) is 17.7. The van der Waals surface area contributed by atoms with Gasteiger partial charge in [0.25, 0.3) is 0 Å². The third-order valence-corrected chi connectivity index (χ3v) is 7.56. The summed E-state index contributed by atoms with van der Waals surface area (Å²) in [7, 11) is -3.70. The molecule has 0 aromatic heterocycles. The van der Waals surface area contributed by atoms with E-state index in [1.165, 1.54) is 12.8 Å². The lowest BCUT2D eigenvalue weighted by Gasteiger charge is -2.18. The Morgan fingerprint density at radius 2 is 1.73 bits per heavy atom. The number of hydrogen-bond donors (Lipinski definition) is 0. The smallest absolute Gasteiger partial charge is 0.184 e. The zero-order valence-corrected chi connectivity index (χ0v) is 16.3. The van der Waals surface area contributed by atoms with Crippen molar-refractivity contribution in [3.05, 3.63) is 0 Å². The molecule has 0 heterocycles. The Labute approximate surface area is 139 Å². The fourth-order valence-electron chi connectivity index (χ4n) is 2.12. The number of rotatable bonds is 6. The molecule has 132 valence electrons. The topological polar surface area (TPSA) is 74.3 Å². The maximum Gasteiger partial charge on any atom is 0.184 e. The lowest BCUT2D eigenvalue weighted by Crippen LogP contribution is -2.34. The van der Waals surface area contributed by atoms with Crippen LogP contribution in [-0.4, -0.2) is 41.3 Å². The third-order valence-electron chi connectivity index (χ3n) is 3.96. The molecule has 0 aromatic rings. The molecule has 1 unspecified atom stereocenters. The largest absolute Gasteiger partial charge is 0.748 e. The van der Waals surface area contributed by atoms with Gasteiger partial charge in [0.2, 0.25) is 0 Å². The standard InChI is InChI=1S/C12H23OS.C4H10O3S/c1-12(2,3)14(4)9-11(13)10-7-5-6-8-10;1-2-3-4-8(5,6)7/h10H,5-9H2,1-4H3;2-4H2,1H3,(H,5,6,7)/q+1;/p-1. The van der Waals surface area contributed by atoms with E-state index < -0.39 is 10.1 Å². The Morgan fingerprint density at radius 1 is 1.23 bits per heavy atom. The third kappa shape index (κ3) is 10.6. The van der Waals surface area contributed by atoms with Gasteiger partial charge in [0.15, 0.2) is 11.5 Å². The van der Waals surface area contributed by atoms with Gasteiger partial charge in [-0.1, -0.05) is 26.2 Å². The second-order valence-corrected chi connectivity index (χ2v) is 11.3. The molecule has 0 aliphatic heterocycles. The van der Waals surface area contributed by atoms with E-state index in [9.17, 15) is 17.8 Å². The molecule has 1 rings (SSSR count). The molecular weight excluding hydrogens is 320 g/mol. The van der Waals surface area contributed by atoms with Crippen LogP contribution in [0.25, 0.3) is 0 Å². The van der Waals surface area contributed by atoms with Gasteiger partial charge in [-0.25, -0.2) is 8.42 Å². The fourth-order valence-corrected chi connectivity index (χ4v) is 3.85. The summed E-state index contributed by atoms with van der Waals surface area (Å²) in [4.78, 5) is 11.9. The fraction of sp³-hybridized carbons (Fsp3) is 0.938. The maximum atomic E-state index is 11.9. The number of unbranched alkanes of at least 4 members (excludes halogenated alkanes) is 1. The summed E-state index contributed by atoms with van der Waals surface area (Å²) in [5, 5.41) is 0. The number of carbonyl (C=O) groups excluding carboxylic acids is 1. The Hall–Kier alpha value is -0.0700. The molecule has 0 radical (unpaired) electrons. The van der Waals surface area contributed by atoms with Crippen LogP contribution < -0.4 is 0 Å². The Bertz CT molecular complexity index is 418. The molecule has 22 heavy (non-hydrogen) atoms. The number of carbonyl (C=O) groups is 1. The predicted molar refractivity (Wildman–Crippen MR) is 94.3 cm³/mol. The monoisotopic (exact) mass is 352 g/mol. The van der Waals surface area contributed by atoms with Crippen LogP contribution in [0.3, 0.4) is 0 Å². The molecule has 0 spiro atoms. The first-order chi connectivity index (χ1) is 9.97. The zero-order valence-electron chi connectivity index (χ0n) is 14.7. The van der Waals surface area contributed by atoms with E-state index in [-0.39, 0.29) is 16.6 Å². The highest BCUT2D eigenvalue weighted by Gasteiger charge is 2.34. The van der Waals surface area contributed by atoms with Crippen molar-refractivity contribution in [2.45, 2.75) is 71.0 Å². The van der Waals surface area contributed by atoms with Crippen LogP contribution in [0.5, 0.6) is 0 Å². The number of hydrogen-bond acceptors (Lipinski definition) is 4. The summed E-state index contributed by atoms with van der Waals surface area (Å²) in [5.41, 5.74) is 0. The predicted octanol–water partition coefficient (Wildman–Crippen LogP) is 3.12. The van der Waals surface area contributed by atoms with Gasteiger partial charge < -0.3 is 4.55 Å². The summed E-state index contributed by atoms with van der Waals surface area (Å²) in [6, 6.07) is 0. The first-order valence-corrected chi connectivity index (χ1v) is 11.4. The van der Waals surface area contributed by atoms with Crippen molar-refractivity contribution >= 4 is 26.8 Å². The molecule has 4 nitrogen and oxygen atoms in total. The quantitative estimate of drug-likeness (QED) is 0.544. The summed E-state index contributed by atoms with van der Waals surface area (Å²) in [5.74, 6) is 1.54. The minimum absolute atomic E-state index is 0.219. The van der Waals surface area contributed by atoms with Crippen molar-refractivity contribution in [1.82, 2.24) is 0 Å². The molecule has 0 bridgehead atoms. The molecule has 0 amide bonds. The van der Waals surface area contributed by atoms with E-state index in [0.717, 1.165) is 25.0 Å². The molecule has 6 heteroatoms. The van der Waals surface area contributed by atoms with Crippen molar-refractivity contribution in [2.75, 3.05) is 17.8 Å². The molecule has 1 fully saturated rings. The van der Waals surface area contributed by atoms with Crippen molar-refractivity contribution in [3.8, 4) is 0 Å². The lowest BCUT2D eigenvalue weighted by molar-refractivity contribution is -0.120. The van der Waals surface area contributed by atoms with Crippen molar-refractivity contribution in [1.29, 1.82) is 0 Å². The second-order valence-electron chi connectivity index (χ2n) is 6.96. The van der Waals surface area contributed by atoms with Crippen molar-refractivity contribution in [3.63, 3.8) is 0 Å². The average Bonchev–Trinajstić information content (AvgIpc) is 2.89. The first-order valence-electron chi connectivity index (χ1n) is 8.06. The molecule has 0 saturated heterocycles. The first kappa shape index (κ1) is 21.9. The maximum absolute atomic E-state index is 11.9. The average molecular weight is 353 g/mol. The highest BCUT2D eigenvalue weighted by Crippen LogP contribution is 2.27. The van der Waals surface area contributed by atoms with Crippen LogP contribution in [0.1, 0.15) is 66.2 Å². The van der Waals surface area contributed by atoms with Gasteiger partial charge in [0.05, 0.1) is 16.4 Å². The lowest BCUT2D eigenvalue weighted by atomic mass is 10.0. The summed E-state index contributed by atoms with van der Waals surface area (Å²) >= 11 is 0. The van der Waals surface area contributed by atoms with Gasteiger partial charge >= 0.3 is 0 Å².